The Kier molecular flexibility index (Phi) is 2.35. The molecule has 0 radical (unpaired) electrons. The van der Waals surface area contributed by atoms with Gasteiger partial charge in [-0.2, -0.15) is 5.26 Å². The fourth-order valence-corrected chi connectivity index (χ4v) is 0.922. The smallest absolute Gasteiger partial charge is 0.152 e. The lowest BCUT2D eigenvalue weighted by Crippen LogP contribution is -1.87. The molecular weight excluding hydrogens is 148 g/mol. The molecule has 1 aromatic rings. The van der Waals surface area contributed by atoms with E-state index in [0.29, 0.717) is 0 Å². The summed E-state index contributed by atoms with van der Waals surface area (Å²) in [5.74, 6) is 5.06. The Balaban J connectivity index is 3.12. The van der Waals surface area contributed by atoms with Gasteiger partial charge < -0.3 is 5.73 Å². The second-order valence-corrected chi connectivity index (χ2v) is 2.44. The molecule has 1 rings (SSSR count). The van der Waals surface area contributed by atoms with Crippen molar-refractivity contribution in [3.8, 4) is 17.9 Å². The van der Waals surface area contributed by atoms with Crippen molar-refractivity contribution in [3.05, 3.63) is 29.3 Å². The molecule has 0 unspecified atom stereocenters. The van der Waals surface area contributed by atoms with E-state index in [-0.39, 0.29) is 0 Å². The molecule has 0 saturated heterocycles. The van der Waals surface area contributed by atoms with Crippen LogP contribution in [0.5, 0.6) is 0 Å². The molecule has 0 aliphatic carbocycles. The van der Waals surface area contributed by atoms with Gasteiger partial charge in [-0.05, 0) is 30.7 Å². The van der Waals surface area contributed by atoms with Crippen LogP contribution in [0.15, 0.2) is 18.2 Å². The van der Waals surface area contributed by atoms with E-state index in [1.807, 2.05) is 19.1 Å². The van der Waals surface area contributed by atoms with E-state index in [9.17, 15) is 0 Å². The Bertz CT molecular complexity index is 389. The number of nitrogen functional groups attached to an aromatic ring is 1. The quantitative estimate of drug-likeness (QED) is 0.456. The molecule has 0 aromatic heterocycles. The minimum atomic E-state index is 0.718. The maximum Gasteiger partial charge on any atom is 0.152 e. The highest BCUT2D eigenvalue weighted by molar-refractivity contribution is 5.50. The van der Waals surface area contributed by atoms with Crippen LogP contribution in [0.2, 0.25) is 0 Å². The van der Waals surface area contributed by atoms with Crippen LogP contribution in [-0.4, -0.2) is 0 Å². The summed E-state index contributed by atoms with van der Waals surface area (Å²) in [4.78, 5) is 0. The normalized spacial score (nSPS) is 8.00. The third-order valence-electron chi connectivity index (χ3n) is 1.50. The van der Waals surface area contributed by atoms with Crippen molar-refractivity contribution in [2.24, 2.45) is 0 Å². The van der Waals surface area contributed by atoms with Crippen LogP contribution < -0.4 is 5.73 Å². The summed E-state index contributed by atoms with van der Waals surface area (Å²) in [5, 5.41) is 8.22. The molecule has 1 aromatic carbocycles. The van der Waals surface area contributed by atoms with Gasteiger partial charge in [0.15, 0.2) is 6.07 Å². The summed E-state index contributed by atoms with van der Waals surface area (Å²) in [7, 11) is 0. The van der Waals surface area contributed by atoms with Gasteiger partial charge in [0.2, 0.25) is 0 Å². The third-order valence-corrected chi connectivity index (χ3v) is 1.50. The van der Waals surface area contributed by atoms with E-state index in [1.165, 1.54) is 0 Å². The standard InChI is InChI=1S/C10H8N2/c1-8-7-10(12)5-4-9(8)3-2-6-11/h4-5,7H,12H2,1H3. The topological polar surface area (TPSA) is 49.8 Å². The first kappa shape index (κ1) is 8.17. The van der Waals surface area contributed by atoms with Crippen LogP contribution in [0.1, 0.15) is 11.1 Å². The molecule has 12 heavy (non-hydrogen) atoms. The van der Waals surface area contributed by atoms with E-state index >= 15 is 0 Å². The Labute approximate surface area is 71.6 Å². The SMILES string of the molecule is Cc1cc(N)ccc1C#CC#N. The van der Waals surface area contributed by atoms with E-state index in [4.69, 9.17) is 11.0 Å². The van der Waals surface area contributed by atoms with Gasteiger partial charge in [-0.3, -0.25) is 0 Å². The van der Waals surface area contributed by atoms with Crippen molar-refractivity contribution in [2.45, 2.75) is 6.92 Å². The summed E-state index contributed by atoms with van der Waals surface area (Å²) in [6.45, 7) is 1.91. The number of anilines is 1. The minimum absolute atomic E-state index is 0.718. The van der Waals surface area contributed by atoms with Crippen LogP contribution in [0, 0.1) is 30.1 Å². The number of hydrogen-bond donors (Lipinski definition) is 1. The maximum absolute atomic E-state index is 8.22. The number of nitrogens with two attached hydrogens (primary N) is 1. The van der Waals surface area contributed by atoms with Crippen molar-refractivity contribution in [2.75, 3.05) is 5.73 Å². The molecule has 0 bridgehead atoms. The van der Waals surface area contributed by atoms with Crippen LogP contribution in [0.4, 0.5) is 5.69 Å². The molecule has 0 spiro atoms. The van der Waals surface area contributed by atoms with Crippen molar-refractivity contribution in [3.63, 3.8) is 0 Å². The van der Waals surface area contributed by atoms with Crippen LogP contribution in [-0.2, 0) is 0 Å². The average Bonchev–Trinajstić information content (AvgIpc) is 2.03. The third kappa shape index (κ3) is 1.78. The Morgan fingerprint density at radius 1 is 1.42 bits per heavy atom. The number of benzene rings is 1. The number of nitrogens with zero attached hydrogens (tertiary/aromatic N) is 1. The van der Waals surface area contributed by atoms with Gasteiger partial charge >= 0.3 is 0 Å². The van der Waals surface area contributed by atoms with Crippen molar-refractivity contribution in [1.82, 2.24) is 0 Å². The highest BCUT2D eigenvalue weighted by Crippen LogP contribution is 2.10. The molecule has 2 heteroatoms. The van der Waals surface area contributed by atoms with Gasteiger partial charge in [-0.15, -0.1) is 0 Å². The van der Waals surface area contributed by atoms with Gasteiger partial charge in [0, 0.05) is 17.2 Å². The van der Waals surface area contributed by atoms with Gasteiger partial charge in [-0.25, -0.2) is 0 Å². The predicted molar refractivity (Wildman–Crippen MR) is 48.1 cm³/mol. The summed E-state index contributed by atoms with van der Waals surface area (Å²) >= 11 is 0. The van der Waals surface area contributed by atoms with Gasteiger partial charge in [0.25, 0.3) is 0 Å². The zero-order chi connectivity index (χ0) is 8.97. The second-order valence-electron chi connectivity index (χ2n) is 2.44. The van der Waals surface area contributed by atoms with Gasteiger partial charge in [0.05, 0.1) is 0 Å². The summed E-state index contributed by atoms with van der Waals surface area (Å²) in [5.41, 5.74) is 8.11. The monoisotopic (exact) mass is 156 g/mol. The summed E-state index contributed by atoms with van der Waals surface area (Å²) in [6.07, 6.45) is 0. The first-order valence-corrected chi connectivity index (χ1v) is 3.50. The van der Waals surface area contributed by atoms with Gasteiger partial charge in [-0.1, -0.05) is 5.92 Å². The lowest BCUT2D eigenvalue weighted by molar-refractivity contribution is 1.44. The average molecular weight is 156 g/mol. The molecule has 58 valence electrons. The molecule has 2 nitrogen and oxygen atoms in total. The van der Waals surface area contributed by atoms with Crippen LogP contribution >= 0.6 is 0 Å². The molecule has 0 amide bonds. The molecule has 0 fully saturated rings. The highest BCUT2D eigenvalue weighted by Gasteiger charge is 1.93. The van der Waals surface area contributed by atoms with Crippen LogP contribution in [0.25, 0.3) is 0 Å². The van der Waals surface area contributed by atoms with E-state index in [2.05, 4.69) is 11.8 Å². The lowest BCUT2D eigenvalue weighted by atomic mass is 10.1. The Hall–Kier alpha value is -1.93. The minimum Gasteiger partial charge on any atom is -0.399 e. The van der Waals surface area contributed by atoms with E-state index in [0.717, 1.165) is 16.8 Å². The number of rotatable bonds is 0. The lowest BCUT2D eigenvalue weighted by Gasteiger charge is -1.97. The molecule has 0 aliphatic heterocycles. The van der Waals surface area contributed by atoms with E-state index < -0.39 is 0 Å². The molecule has 2 N–H and O–H groups in total. The predicted octanol–water partition coefficient (Wildman–Crippen LogP) is 1.45. The summed E-state index contributed by atoms with van der Waals surface area (Å²) < 4.78 is 0. The Morgan fingerprint density at radius 3 is 2.75 bits per heavy atom. The van der Waals surface area contributed by atoms with Crippen LogP contribution in [0.3, 0.4) is 0 Å². The first-order valence-electron chi connectivity index (χ1n) is 3.50. The number of aryl methyl sites for hydroxylation is 1. The molecule has 0 saturated carbocycles. The zero-order valence-corrected chi connectivity index (χ0v) is 6.76. The molecular formula is C10H8N2. The van der Waals surface area contributed by atoms with Crippen molar-refractivity contribution < 1.29 is 0 Å². The number of nitriles is 1. The fourth-order valence-electron chi connectivity index (χ4n) is 0.922. The molecule has 0 atom stereocenters. The molecule has 0 aliphatic rings. The number of hydrogen-bond acceptors (Lipinski definition) is 2. The van der Waals surface area contributed by atoms with Crippen molar-refractivity contribution in [1.29, 1.82) is 5.26 Å². The summed E-state index contributed by atoms with van der Waals surface area (Å²) in [6, 6.07) is 7.19. The van der Waals surface area contributed by atoms with Crippen molar-refractivity contribution >= 4 is 5.69 Å². The fraction of sp³-hybridized carbons (Fsp3) is 0.100. The first-order chi connectivity index (χ1) is 5.74. The Morgan fingerprint density at radius 2 is 2.17 bits per heavy atom. The maximum atomic E-state index is 8.22. The van der Waals surface area contributed by atoms with Gasteiger partial charge in [0.1, 0.15) is 0 Å². The zero-order valence-electron chi connectivity index (χ0n) is 6.76. The second kappa shape index (κ2) is 3.46. The molecule has 0 heterocycles. The largest absolute Gasteiger partial charge is 0.399 e. The highest BCUT2D eigenvalue weighted by atomic mass is 14.5. The van der Waals surface area contributed by atoms with E-state index in [1.54, 1.807) is 12.1 Å².